The lowest BCUT2D eigenvalue weighted by Gasteiger charge is -2.02. The molecule has 0 N–H and O–H groups in total. The van der Waals surface area contributed by atoms with Crippen molar-refractivity contribution in [3.05, 3.63) is 35.2 Å². The Kier molecular flexibility index (Phi) is 1.25. The first-order valence-electron chi connectivity index (χ1n) is 3.38. The SMILES string of the molecule is N#Cc1nn([O-])c2ccccc12. The largest absolute Gasteiger partial charge is 0.790 e. The van der Waals surface area contributed by atoms with Gasteiger partial charge in [0.25, 0.3) is 0 Å². The Balaban J connectivity index is 2.94. The van der Waals surface area contributed by atoms with Crippen LogP contribution in [0, 0.1) is 16.5 Å². The summed E-state index contributed by atoms with van der Waals surface area (Å²) in [5.74, 6) is 0. The molecule has 0 amide bonds. The van der Waals surface area contributed by atoms with Crippen molar-refractivity contribution >= 4 is 10.9 Å². The monoisotopic (exact) mass is 158 g/mol. The van der Waals surface area contributed by atoms with Crippen molar-refractivity contribution in [3.63, 3.8) is 0 Å². The van der Waals surface area contributed by atoms with Gasteiger partial charge in [0.05, 0.1) is 5.52 Å². The van der Waals surface area contributed by atoms with Gasteiger partial charge in [-0.3, -0.25) is 4.85 Å². The van der Waals surface area contributed by atoms with E-state index < -0.39 is 0 Å². The van der Waals surface area contributed by atoms with E-state index in [4.69, 9.17) is 5.26 Å². The smallest absolute Gasteiger partial charge is 0.169 e. The summed E-state index contributed by atoms with van der Waals surface area (Å²) in [6.45, 7) is 0. The van der Waals surface area contributed by atoms with Crippen LogP contribution in [0.5, 0.6) is 0 Å². The van der Waals surface area contributed by atoms with E-state index in [1.54, 1.807) is 24.3 Å². The van der Waals surface area contributed by atoms with E-state index in [2.05, 4.69) is 5.10 Å². The Morgan fingerprint density at radius 1 is 1.42 bits per heavy atom. The third kappa shape index (κ3) is 0.736. The van der Waals surface area contributed by atoms with Crippen LogP contribution in [0.3, 0.4) is 0 Å². The number of nitrogens with zero attached hydrogens (tertiary/aromatic N) is 3. The normalized spacial score (nSPS) is 9.92. The van der Waals surface area contributed by atoms with E-state index in [1.165, 1.54) is 0 Å². The molecule has 0 spiro atoms. The Hall–Kier alpha value is -2.02. The second-order valence-electron chi connectivity index (χ2n) is 2.35. The second-order valence-corrected chi connectivity index (χ2v) is 2.35. The summed E-state index contributed by atoms with van der Waals surface area (Å²) in [4.78, 5) is 0.466. The number of para-hydroxylation sites is 1. The summed E-state index contributed by atoms with van der Waals surface area (Å²) in [5.41, 5.74) is 0.620. The lowest BCUT2D eigenvalue weighted by atomic mass is 10.2. The molecular formula is C8H4N3O-. The fourth-order valence-corrected chi connectivity index (χ4v) is 1.12. The average molecular weight is 158 g/mol. The Morgan fingerprint density at radius 3 is 2.92 bits per heavy atom. The standard InChI is InChI=1S/C8H4N3O/c9-5-7-6-3-1-2-4-8(6)11(12)10-7/h1-4H/q-1. The van der Waals surface area contributed by atoms with Crippen LogP contribution in [0.4, 0.5) is 0 Å². The molecule has 0 aliphatic heterocycles. The Morgan fingerprint density at radius 2 is 2.17 bits per heavy atom. The van der Waals surface area contributed by atoms with Crippen molar-refractivity contribution in [2.75, 3.05) is 0 Å². The van der Waals surface area contributed by atoms with Crippen LogP contribution in [0.15, 0.2) is 24.3 Å². The molecule has 0 fully saturated rings. The van der Waals surface area contributed by atoms with E-state index in [0.717, 1.165) is 0 Å². The minimum atomic E-state index is 0.181. The van der Waals surface area contributed by atoms with Gasteiger partial charge in [-0.2, -0.15) is 10.4 Å². The molecule has 0 saturated heterocycles. The summed E-state index contributed by atoms with van der Waals surface area (Å²) in [5, 5.41) is 23.7. The molecule has 2 aromatic rings. The predicted octanol–water partition coefficient (Wildman–Crippen LogP) is 1.25. The van der Waals surface area contributed by atoms with Crippen molar-refractivity contribution in [1.82, 2.24) is 9.94 Å². The zero-order valence-corrected chi connectivity index (χ0v) is 6.06. The molecule has 0 saturated carbocycles. The third-order valence-electron chi connectivity index (χ3n) is 1.66. The van der Waals surface area contributed by atoms with Gasteiger partial charge in [0.1, 0.15) is 6.07 Å². The summed E-state index contributed by atoms with van der Waals surface area (Å²) in [6, 6.07) is 8.70. The maximum absolute atomic E-state index is 11.0. The number of hydrogen-bond donors (Lipinski definition) is 0. The second kappa shape index (κ2) is 2.24. The first-order chi connectivity index (χ1) is 5.83. The zero-order chi connectivity index (χ0) is 8.55. The van der Waals surface area contributed by atoms with Crippen LogP contribution in [-0.2, 0) is 0 Å². The molecule has 1 heterocycles. The quantitative estimate of drug-likeness (QED) is 0.579. The first kappa shape index (κ1) is 6.68. The maximum atomic E-state index is 11.0. The molecule has 0 aliphatic rings. The van der Waals surface area contributed by atoms with Gasteiger partial charge in [-0.05, 0) is 12.1 Å². The number of hydrogen-bond acceptors (Lipinski definition) is 3. The van der Waals surface area contributed by atoms with Crippen molar-refractivity contribution in [2.45, 2.75) is 0 Å². The van der Waals surface area contributed by atoms with E-state index >= 15 is 0 Å². The summed E-state index contributed by atoms with van der Waals surface area (Å²) in [6.07, 6.45) is 0. The Labute approximate surface area is 68.2 Å². The number of benzene rings is 1. The Bertz CT molecular complexity index is 467. The van der Waals surface area contributed by atoms with Crippen LogP contribution in [0.1, 0.15) is 5.69 Å². The average Bonchev–Trinajstić information content (AvgIpc) is 2.44. The van der Waals surface area contributed by atoms with Gasteiger partial charge in [0, 0.05) is 5.39 Å². The highest BCUT2D eigenvalue weighted by atomic mass is 16.5. The highest BCUT2D eigenvalue weighted by molar-refractivity contribution is 5.84. The summed E-state index contributed by atoms with van der Waals surface area (Å²) in [7, 11) is 0. The number of aromatic nitrogens is 2. The van der Waals surface area contributed by atoms with E-state index in [0.29, 0.717) is 15.7 Å². The van der Waals surface area contributed by atoms with Crippen LogP contribution >= 0.6 is 0 Å². The first-order valence-corrected chi connectivity index (χ1v) is 3.38. The fraction of sp³-hybridized carbons (Fsp3) is 0. The molecule has 0 bridgehead atoms. The molecule has 12 heavy (non-hydrogen) atoms. The third-order valence-corrected chi connectivity index (χ3v) is 1.66. The lowest BCUT2D eigenvalue weighted by molar-refractivity contribution is 0.910. The minimum absolute atomic E-state index is 0.181. The summed E-state index contributed by atoms with van der Waals surface area (Å²) < 4.78 is 0. The van der Waals surface area contributed by atoms with E-state index in [-0.39, 0.29) is 5.69 Å². The molecule has 4 heteroatoms. The van der Waals surface area contributed by atoms with Crippen molar-refractivity contribution in [1.29, 1.82) is 5.26 Å². The van der Waals surface area contributed by atoms with Gasteiger partial charge >= 0.3 is 0 Å². The molecule has 58 valence electrons. The van der Waals surface area contributed by atoms with Crippen LogP contribution in [0.25, 0.3) is 10.9 Å². The van der Waals surface area contributed by atoms with Crippen LogP contribution in [-0.4, -0.2) is 9.94 Å². The highest BCUT2D eigenvalue weighted by Gasteiger charge is 2.03. The van der Waals surface area contributed by atoms with Crippen LogP contribution in [0.2, 0.25) is 0 Å². The summed E-state index contributed by atoms with van der Waals surface area (Å²) >= 11 is 0. The zero-order valence-electron chi connectivity index (χ0n) is 6.06. The van der Waals surface area contributed by atoms with Gasteiger partial charge < -0.3 is 5.21 Å². The minimum Gasteiger partial charge on any atom is -0.790 e. The van der Waals surface area contributed by atoms with Crippen molar-refractivity contribution in [2.24, 2.45) is 0 Å². The molecule has 4 nitrogen and oxygen atoms in total. The highest BCUT2D eigenvalue weighted by Crippen LogP contribution is 2.15. The predicted molar refractivity (Wildman–Crippen MR) is 43.2 cm³/mol. The lowest BCUT2D eigenvalue weighted by Crippen LogP contribution is -1.86. The molecular weight excluding hydrogens is 154 g/mol. The number of fused-ring (bicyclic) bond motifs is 1. The molecule has 0 unspecified atom stereocenters. The molecule has 0 aliphatic carbocycles. The van der Waals surface area contributed by atoms with Gasteiger partial charge in [0.15, 0.2) is 5.69 Å². The van der Waals surface area contributed by atoms with Gasteiger partial charge in [-0.15, -0.1) is 0 Å². The topological polar surface area (TPSA) is 64.7 Å². The van der Waals surface area contributed by atoms with Gasteiger partial charge in [0.2, 0.25) is 0 Å². The molecule has 1 aromatic heterocycles. The van der Waals surface area contributed by atoms with Crippen molar-refractivity contribution < 1.29 is 0 Å². The molecule has 0 radical (unpaired) electrons. The fourth-order valence-electron chi connectivity index (χ4n) is 1.12. The van der Waals surface area contributed by atoms with Crippen LogP contribution < -0.4 is 0 Å². The van der Waals surface area contributed by atoms with Gasteiger partial charge in [-0.1, -0.05) is 12.1 Å². The maximum Gasteiger partial charge on any atom is 0.169 e. The molecule has 1 aromatic carbocycles. The van der Waals surface area contributed by atoms with E-state index in [1.807, 2.05) is 6.07 Å². The molecule has 0 atom stereocenters. The number of rotatable bonds is 0. The van der Waals surface area contributed by atoms with Gasteiger partial charge in [-0.25, -0.2) is 0 Å². The molecule has 2 rings (SSSR count). The number of nitriles is 1. The van der Waals surface area contributed by atoms with E-state index in [9.17, 15) is 5.21 Å². The van der Waals surface area contributed by atoms with Crippen molar-refractivity contribution in [3.8, 4) is 6.07 Å².